The van der Waals surface area contributed by atoms with Gasteiger partial charge >= 0.3 is 0 Å². The Morgan fingerprint density at radius 3 is 2.95 bits per heavy atom. The molecule has 1 heterocycles. The first-order chi connectivity index (χ1) is 9.10. The number of hydrogen-bond donors (Lipinski definition) is 2. The molecule has 0 fully saturated rings. The predicted molar refractivity (Wildman–Crippen MR) is 67.1 cm³/mol. The lowest BCUT2D eigenvalue weighted by Crippen LogP contribution is -2.07. The van der Waals surface area contributed by atoms with E-state index in [1.165, 1.54) is 12.1 Å². The minimum atomic E-state index is -0.866. The van der Waals surface area contributed by atoms with Crippen molar-refractivity contribution < 1.29 is 14.0 Å². The Hall–Kier alpha value is -1.50. The Kier molecular flexibility index (Phi) is 4.47. The van der Waals surface area contributed by atoms with E-state index in [1.54, 1.807) is 6.07 Å². The van der Waals surface area contributed by atoms with Crippen LogP contribution in [0.3, 0.4) is 0 Å². The highest BCUT2D eigenvalue weighted by molar-refractivity contribution is 6.31. The summed E-state index contributed by atoms with van der Waals surface area (Å²) in [4.78, 5) is 4.05. The molecule has 1 unspecified atom stereocenters. The van der Waals surface area contributed by atoms with Gasteiger partial charge in [0.05, 0.1) is 0 Å². The van der Waals surface area contributed by atoms with E-state index in [0.717, 1.165) is 0 Å². The van der Waals surface area contributed by atoms with Gasteiger partial charge in [-0.1, -0.05) is 22.8 Å². The van der Waals surface area contributed by atoms with E-state index in [0.29, 0.717) is 35.8 Å². The largest absolute Gasteiger partial charge is 0.383 e. The average Bonchev–Trinajstić information content (AvgIpc) is 2.82. The third kappa shape index (κ3) is 3.50. The third-order valence-corrected chi connectivity index (χ3v) is 2.92. The maximum atomic E-state index is 12.9. The van der Waals surface area contributed by atoms with Gasteiger partial charge in [-0.05, 0) is 30.7 Å². The smallest absolute Gasteiger partial charge is 0.255 e. The van der Waals surface area contributed by atoms with Gasteiger partial charge in [-0.3, -0.25) is 0 Å². The molecule has 1 aromatic heterocycles. The van der Waals surface area contributed by atoms with Crippen molar-refractivity contribution in [2.75, 3.05) is 6.54 Å². The van der Waals surface area contributed by atoms with Gasteiger partial charge in [-0.25, -0.2) is 4.39 Å². The molecule has 0 saturated carbocycles. The molecule has 19 heavy (non-hydrogen) atoms. The minimum Gasteiger partial charge on any atom is -0.383 e. The highest BCUT2D eigenvalue weighted by atomic mass is 35.5. The Balaban J connectivity index is 2.11. The van der Waals surface area contributed by atoms with Crippen molar-refractivity contribution >= 4 is 11.6 Å². The molecular weight excluding hydrogens is 273 g/mol. The molecule has 0 aliphatic heterocycles. The summed E-state index contributed by atoms with van der Waals surface area (Å²) in [5.74, 6) is 0.0965. The quantitative estimate of drug-likeness (QED) is 0.875. The summed E-state index contributed by atoms with van der Waals surface area (Å²) in [5, 5.41) is 13.7. The van der Waals surface area contributed by atoms with Crippen molar-refractivity contribution in [3.63, 3.8) is 0 Å². The van der Waals surface area contributed by atoms with Gasteiger partial charge in [-0.2, -0.15) is 4.98 Å². The van der Waals surface area contributed by atoms with Crippen LogP contribution in [0.4, 0.5) is 4.39 Å². The summed E-state index contributed by atoms with van der Waals surface area (Å²) < 4.78 is 17.8. The number of nitrogens with zero attached hydrogens (tertiary/aromatic N) is 2. The lowest BCUT2D eigenvalue weighted by atomic mass is 10.1. The lowest BCUT2D eigenvalue weighted by molar-refractivity contribution is 0.127. The van der Waals surface area contributed by atoms with Crippen molar-refractivity contribution in [2.45, 2.75) is 18.9 Å². The van der Waals surface area contributed by atoms with Gasteiger partial charge in [0.15, 0.2) is 5.82 Å². The molecule has 2 aromatic rings. The number of hydrogen-bond acceptors (Lipinski definition) is 5. The summed E-state index contributed by atoms with van der Waals surface area (Å²) >= 11 is 5.91. The maximum absolute atomic E-state index is 12.9. The third-order valence-electron chi connectivity index (χ3n) is 2.57. The molecule has 3 N–H and O–H groups in total. The van der Waals surface area contributed by atoms with Gasteiger partial charge in [-0.15, -0.1) is 0 Å². The van der Waals surface area contributed by atoms with Crippen LogP contribution in [-0.2, 0) is 6.42 Å². The van der Waals surface area contributed by atoms with E-state index in [9.17, 15) is 9.50 Å². The molecule has 0 spiro atoms. The van der Waals surface area contributed by atoms with Crippen LogP contribution in [0.2, 0.25) is 5.02 Å². The highest BCUT2D eigenvalue weighted by Crippen LogP contribution is 2.20. The van der Waals surface area contributed by atoms with Crippen LogP contribution in [0, 0.1) is 5.82 Å². The number of aromatic nitrogens is 2. The number of aliphatic hydroxyl groups is 1. The maximum Gasteiger partial charge on any atom is 0.255 e. The molecule has 102 valence electrons. The van der Waals surface area contributed by atoms with Gasteiger partial charge < -0.3 is 15.4 Å². The van der Waals surface area contributed by atoms with E-state index in [4.69, 9.17) is 21.9 Å². The van der Waals surface area contributed by atoms with Gasteiger partial charge in [0, 0.05) is 11.4 Å². The molecule has 2 rings (SSSR count). The Morgan fingerprint density at radius 2 is 2.26 bits per heavy atom. The molecule has 0 amide bonds. The summed E-state index contributed by atoms with van der Waals surface area (Å²) in [6.07, 6.45) is -0.216. The van der Waals surface area contributed by atoms with Crippen molar-refractivity contribution in [3.05, 3.63) is 46.3 Å². The summed E-state index contributed by atoms with van der Waals surface area (Å²) in [5.41, 5.74) is 6.01. The second-order valence-electron chi connectivity index (χ2n) is 4.05. The molecule has 7 heteroatoms. The fourth-order valence-corrected chi connectivity index (χ4v) is 1.83. The Bertz CT molecular complexity index is 562. The fourth-order valence-electron chi connectivity index (χ4n) is 1.59. The minimum absolute atomic E-state index is 0.124. The van der Waals surface area contributed by atoms with E-state index in [-0.39, 0.29) is 5.89 Å². The second kappa shape index (κ2) is 6.10. The molecule has 1 aromatic carbocycles. The van der Waals surface area contributed by atoms with E-state index < -0.39 is 11.9 Å². The zero-order valence-corrected chi connectivity index (χ0v) is 10.8. The Morgan fingerprint density at radius 1 is 1.47 bits per heavy atom. The summed E-state index contributed by atoms with van der Waals surface area (Å²) in [6, 6.07) is 4.09. The van der Waals surface area contributed by atoms with Crippen LogP contribution in [0.25, 0.3) is 0 Å². The molecule has 0 aliphatic carbocycles. The molecule has 0 aliphatic rings. The van der Waals surface area contributed by atoms with Gasteiger partial charge in [0.1, 0.15) is 11.9 Å². The van der Waals surface area contributed by atoms with Crippen molar-refractivity contribution in [1.82, 2.24) is 10.1 Å². The zero-order chi connectivity index (χ0) is 13.8. The van der Waals surface area contributed by atoms with E-state index in [1.807, 2.05) is 0 Å². The van der Waals surface area contributed by atoms with Gasteiger partial charge in [0.2, 0.25) is 0 Å². The van der Waals surface area contributed by atoms with Crippen LogP contribution < -0.4 is 5.73 Å². The van der Waals surface area contributed by atoms with Crippen LogP contribution in [0.5, 0.6) is 0 Å². The number of benzene rings is 1. The second-order valence-corrected chi connectivity index (χ2v) is 4.46. The summed E-state index contributed by atoms with van der Waals surface area (Å²) in [6.45, 7) is 0.322. The number of halogens is 2. The van der Waals surface area contributed by atoms with Crippen molar-refractivity contribution in [1.29, 1.82) is 0 Å². The fraction of sp³-hybridized carbons (Fsp3) is 0.333. The lowest BCUT2D eigenvalue weighted by Gasteiger charge is -2.01. The Labute approximate surface area is 114 Å². The molecule has 0 saturated heterocycles. The molecule has 5 nitrogen and oxygen atoms in total. The van der Waals surface area contributed by atoms with Crippen LogP contribution >= 0.6 is 11.6 Å². The average molecular weight is 286 g/mol. The summed E-state index contributed by atoms with van der Waals surface area (Å²) in [7, 11) is 0. The number of nitrogens with two attached hydrogens (primary N) is 1. The first-order valence-electron chi connectivity index (χ1n) is 5.74. The first-order valence-corrected chi connectivity index (χ1v) is 6.12. The zero-order valence-electron chi connectivity index (χ0n) is 10.0. The first kappa shape index (κ1) is 13.9. The highest BCUT2D eigenvalue weighted by Gasteiger charge is 2.16. The molecular formula is C12H13ClFN3O2. The molecule has 1 atom stereocenters. The standard InChI is InChI=1S/C12H13ClFN3O2/c13-9-6-8(14)2-1-7(9)5-11-16-12(19-17-11)10(18)3-4-15/h1-2,6,10,18H,3-5,15H2. The molecule has 0 radical (unpaired) electrons. The molecule has 0 bridgehead atoms. The van der Waals surface area contributed by atoms with Crippen molar-refractivity contribution in [3.8, 4) is 0 Å². The monoisotopic (exact) mass is 285 g/mol. The van der Waals surface area contributed by atoms with Crippen LogP contribution in [0.1, 0.15) is 29.8 Å². The SMILES string of the molecule is NCCC(O)c1nc(Cc2ccc(F)cc2Cl)no1. The van der Waals surface area contributed by atoms with Crippen molar-refractivity contribution in [2.24, 2.45) is 5.73 Å². The van der Waals surface area contributed by atoms with Crippen LogP contribution in [-0.4, -0.2) is 21.8 Å². The van der Waals surface area contributed by atoms with Crippen LogP contribution in [0.15, 0.2) is 22.7 Å². The number of rotatable bonds is 5. The normalized spacial score (nSPS) is 12.6. The number of aliphatic hydroxyl groups excluding tert-OH is 1. The predicted octanol–water partition coefficient (Wildman–Crippen LogP) is 1.84. The van der Waals surface area contributed by atoms with E-state index >= 15 is 0 Å². The van der Waals surface area contributed by atoms with E-state index in [2.05, 4.69) is 10.1 Å². The topological polar surface area (TPSA) is 85.2 Å². The van der Waals surface area contributed by atoms with Gasteiger partial charge in [0.25, 0.3) is 5.89 Å².